The van der Waals surface area contributed by atoms with Gasteiger partial charge >= 0.3 is 0 Å². The molecule has 2 N–H and O–H groups in total. The van der Waals surface area contributed by atoms with Gasteiger partial charge in [-0.1, -0.05) is 12.1 Å². The third-order valence-electron chi connectivity index (χ3n) is 6.50. The number of methoxy groups -OCH3 is 1. The molecular weight excluding hydrogens is 470 g/mol. The van der Waals surface area contributed by atoms with Crippen molar-refractivity contribution < 1.29 is 27.5 Å². The molecule has 4 rings (SSSR count). The van der Waals surface area contributed by atoms with Crippen molar-refractivity contribution in [3.05, 3.63) is 70.8 Å². The van der Waals surface area contributed by atoms with Crippen LogP contribution in [0.3, 0.4) is 0 Å². The van der Waals surface area contributed by atoms with Crippen LogP contribution in [0.1, 0.15) is 41.3 Å². The Morgan fingerprint density at radius 1 is 1.03 bits per heavy atom. The van der Waals surface area contributed by atoms with Gasteiger partial charge in [-0.15, -0.1) is 0 Å². The summed E-state index contributed by atoms with van der Waals surface area (Å²) in [6.45, 7) is 2.26. The normalized spacial score (nSPS) is 18.2. The van der Waals surface area contributed by atoms with Crippen molar-refractivity contribution in [1.29, 1.82) is 0 Å². The van der Waals surface area contributed by atoms with Crippen LogP contribution in [0.5, 0.6) is 5.75 Å². The van der Waals surface area contributed by atoms with Gasteiger partial charge in [0.25, 0.3) is 21.8 Å². The Morgan fingerprint density at radius 3 is 2.17 bits per heavy atom. The minimum atomic E-state index is -4.04. The van der Waals surface area contributed by atoms with E-state index in [1.807, 2.05) is 0 Å². The molecule has 0 radical (unpaired) electrons. The zero-order valence-electron chi connectivity index (χ0n) is 19.6. The first-order valence-electron chi connectivity index (χ1n) is 11.2. The summed E-state index contributed by atoms with van der Waals surface area (Å²) in [5.74, 6) is -0.705. The number of hydrogen-bond acceptors (Lipinski definition) is 6. The van der Waals surface area contributed by atoms with Crippen molar-refractivity contribution in [1.82, 2.24) is 9.21 Å². The fourth-order valence-corrected chi connectivity index (χ4v) is 6.23. The van der Waals surface area contributed by atoms with Gasteiger partial charge in [-0.3, -0.25) is 14.4 Å². The second kappa shape index (κ2) is 9.53. The highest BCUT2D eigenvalue weighted by molar-refractivity contribution is 7.99. The molecule has 2 heterocycles. The van der Waals surface area contributed by atoms with Crippen molar-refractivity contribution in [3.63, 3.8) is 0 Å². The number of benzene rings is 2. The predicted molar refractivity (Wildman–Crippen MR) is 129 cm³/mol. The van der Waals surface area contributed by atoms with E-state index in [0.29, 0.717) is 48.4 Å². The average Bonchev–Trinajstić information content (AvgIpc) is 3.03. The molecule has 1 saturated heterocycles. The van der Waals surface area contributed by atoms with E-state index in [4.69, 9.17) is 10.5 Å². The summed E-state index contributed by atoms with van der Waals surface area (Å²) in [6.07, 6.45) is 1.08. The van der Waals surface area contributed by atoms with Gasteiger partial charge in [0.05, 0.1) is 13.7 Å². The molecule has 2 aliphatic rings. The first kappa shape index (κ1) is 24.5. The summed E-state index contributed by atoms with van der Waals surface area (Å²) >= 11 is 0. The molecule has 0 atom stereocenters. The zero-order chi connectivity index (χ0) is 25.3. The lowest BCUT2D eigenvalue weighted by Gasteiger charge is -2.30. The predicted octanol–water partition coefficient (Wildman–Crippen LogP) is 2.14. The summed E-state index contributed by atoms with van der Waals surface area (Å²) in [5.41, 5.74) is 6.96. The number of primary amides is 1. The number of piperidine rings is 1. The quantitative estimate of drug-likeness (QED) is 0.651. The molecule has 184 valence electrons. The van der Waals surface area contributed by atoms with Gasteiger partial charge in [-0.05, 0) is 67.3 Å². The monoisotopic (exact) mass is 497 g/mol. The Bertz CT molecular complexity index is 1290. The van der Waals surface area contributed by atoms with Crippen molar-refractivity contribution in [2.75, 3.05) is 20.2 Å². The van der Waals surface area contributed by atoms with Crippen LogP contribution in [0.4, 0.5) is 0 Å². The Balaban J connectivity index is 1.47. The van der Waals surface area contributed by atoms with Crippen LogP contribution in [0, 0.1) is 5.92 Å². The first-order valence-corrected chi connectivity index (χ1v) is 12.7. The Morgan fingerprint density at radius 2 is 1.63 bits per heavy atom. The highest BCUT2D eigenvalue weighted by Gasteiger charge is 2.42. The van der Waals surface area contributed by atoms with Gasteiger partial charge < -0.3 is 15.4 Å². The Kier molecular flexibility index (Phi) is 6.66. The number of nitrogens with two attached hydrogens (primary N) is 1. The zero-order valence-corrected chi connectivity index (χ0v) is 20.4. The van der Waals surface area contributed by atoms with E-state index in [9.17, 15) is 22.8 Å². The Hall–Kier alpha value is -3.66. The summed E-state index contributed by atoms with van der Waals surface area (Å²) < 4.78 is 32.5. The van der Waals surface area contributed by atoms with Crippen LogP contribution in [0.15, 0.2) is 54.1 Å². The number of carbonyl (C=O) groups excluding carboxylic acids is 3. The molecule has 3 amide bonds. The van der Waals surface area contributed by atoms with Crippen LogP contribution < -0.4 is 10.5 Å². The topological polar surface area (TPSA) is 127 Å². The van der Waals surface area contributed by atoms with E-state index in [0.717, 1.165) is 4.31 Å². The highest BCUT2D eigenvalue weighted by Crippen LogP contribution is 2.37. The van der Waals surface area contributed by atoms with Gasteiger partial charge in [0.15, 0.2) is 0 Å². The van der Waals surface area contributed by atoms with Gasteiger partial charge in [0.1, 0.15) is 10.7 Å². The van der Waals surface area contributed by atoms with E-state index >= 15 is 0 Å². The lowest BCUT2D eigenvalue weighted by Crippen LogP contribution is -2.41. The number of amides is 3. The number of ether oxygens (including phenoxy) is 1. The largest absolute Gasteiger partial charge is 0.497 e. The number of rotatable bonds is 6. The van der Waals surface area contributed by atoms with E-state index in [2.05, 4.69) is 0 Å². The second-order valence-corrected chi connectivity index (χ2v) is 10.5. The summed E-state index contributed by atoms with van der Waals surface area (Å²) in [5, 5.41) is 0. The number of likely N-dealkylation sites (tertiary alicyclic amines) is 1. The maximum absolute atomic E-state index is 13.3. The standard InChI is InChI=1S/C25H27N3O6S/c1-16-22(18-7-9-21(34-2)10-8-18)35(32,33)28(24(16)30)15-17-3-5-20(6-4-17)25(31)27-13-11-19(12-14-27)23(26)29/h3-10,19H,11-15H2,1-2H3,(H2,26,29). The van der Waals surface area contributed by atoms with Crippen molar-refractivity contribution in [3.8, 4) is 5.75 Å². The minimum Gasteiger partial charge on any atom is -0.497 e. The molecule has 35 heavy (non-hydrogen) atoms. The van der Waals surface area contributed by atoms with E-state index in [-0.39, 0.29) is 34.8 Å². The average molecular weight is 498 g/mol. The van der Waals surface area contributed by atoms with Crippen LogP contribution in [0.25, 0.3) is 4.91 Å². The smallest absolute Gasteiger partial charge is 0.268 e. The van der Waals surface area contributed by atoms with Gasteiger partial charge in [0.2, 0.25) is 5.91 Å². The fourth-order valence-electron chi connectivity index (χ4n) is 4.43. The van der Waals surface area contributed by atoms with Gasteiger partial charge in [-0.25, -0.2) is 12.7 Å². The first-order chi connectivity index (χ1) is 16.6. The molecule has 2 aromatic rings. The minimum absolute atomic E-state index is 0.0173. The molecule has 0 spiro atoms. The van der Waals surface area contributed by atoms with E-state index in [1.54, 1.807) is 53.4 Å². The van der Waals surface area contributed by atoms with E-state index in [1.165, 1.54) is 14.0 Å². The molecular formula is C25H27N3O6S. The maximum atomic E-state index is 13.3. The molecule has 2 aromatic carbocycles. The maximum Gasteiger partial charge on any atom is 0.268 e. The lowest BCUT2D eigenvalue weighted by molar-refractivity contribution is -0.123. The molecule has 0 saturated carbocycles. The second-order valence-electron chi connectivity index (χ2n) is 8.67. The Labute approximate surface area is 204 Å². The lowest BCUT2D eigenvalue weighted by atomic mass is 9.96. The third-order valence-corrected chi connectivity index (χ3v) is 8.43. The van der Waals surface area contributed by atoms with Crippen molar-refractivity contribution >= 4 is 32.6 Å². The molecule has 0 bridgehead atoms. The van der Waals surface area contributed by atoms with E-state index < -0.39 is 15.9 Å². The molecule has 0 unspecified atom stereocenters. The molecule has 0 aliphatic carbocycles. The number of sulfonamides is 1. The number of carbonyl (C=O) groups is 3. The van der Waals surface area contributed by atoms with Crippen LogP contribution in [0.2, 0.25) is 0 Å². The molecule has 9 nitrogen and oxygen atoms in total. The summed E-state index contributed by atoms with van der Waals surface area (Å²) in [6, 6.07) is 13.0. The van der Waals surface area contributed by atoms with Crippen LogP contribution in [-0.4, -0.2) is 55.5 Å². The van der Waals surface area contributed by atoms with Crippen LogP contribution in [-0.2, 0) is 26.2 Å². The highest BCUT2D eigenvalue weighted by atomic mass is 32.2. The SMILES string of the molecule is COc1ccc(C2=C(C)C(=O)N(Cc3ccc(C(=O)N4CCC(C(N)=O)CC4)cc3)S2(=O)=O)cc1. The number of nitrogens with zero attached hydrogens (tertiary/aromatic N) is 2. The molecule has 0 aromatic heterocycles. The van der Waals surface area contributed by atoms with Crippen molar-refractivity contribution in [2.24, 2.45) is 11.7 Å². The number of hydrogen-bond donors (Lipinski definition) is 1. The van der Waals surface area contributed by atoms with Crippen LogP contribution >= 0.6 is 0 Å². The molecule has 10 heteroatoms. The molecule has 1 fully saturated rings. The van der Waals surface area contributed by atoms with Gasteiger partial charge in [0, 0.05) is 30.1 Å². The van der Waals surface area contributed by atoms with Crippen molar-refractivity contribution in [2.45, 2.75) is 26.3 Å². The summed E-state index contributed by atoms with van der Waals surface area (Å²) in [7, 11) is -2.53. The van der Waals surface area contributed by atoms with Gasteiger partial charge in [-0.2, -0.15) is 0 Å². The molecule has 2 aliphatic heterocycles. The summed E-state index contributed by atoms with van der Waals surface area (Å²) in [4.78, 5) is 38.7. The third kappa shape index (κ3) is 4.66. The fraction of sp³-hybridized carbons (Fsp3) is 0.320.